The van der Waals surface area contributed by atoms with E-state index in [1.807, 2.05) is 13.1 Å². The van der Waals surface area contributed by atoms with E-state index in [1.54, 1.807) is 0 Å². The van der Waals surface area contributed by atoms with Crippen molar-refractivity contribution in [2.24, 2.45) is 11.8 Å². The molecule has 3 rings (SSSR count). The van der Waals surface area contributed by atoms with Gasteiger partial charge in [0.2, 0.25) is 5.91 Å². The molecule has 0 saturated carbocycles. The highest BCUT2D eigenvalue weighted by Crippen LogP contribution is 2.27. The maximum Gasteiger partial charge on any atom is 0.227 e. The molecule has 1 aromatic heterocycles. The van der Waals surface area contributed by atoms with E-state index >= 15 is 0 Å². The van der Waals surface area contributed by atoms with Crippen LogP contribution in [-0.4, -0.2) is 59.0 Å². The van der Waals surface area contributed by atoms with Crippen molar-refractivity contribution >= 4 is 5.91 Å². The predicted molar refractivity (Wildman–Crippen MR) is 95.9 cm³/mol. The minimum absolute atomic E-state index is 0.149. The van der Waals surface area contributed by atoms with Crippen molar-refractivity contribution in [3.8, 4) is 0 Å². The molecule has 1 atom stereocenters. The number of imidazole rings is 1. The monoisotopic (exact) mass is 332 g/mol. The summed E-state index contributed by atoms with van der Waals surface area (Å²) in [6.07, 6.45) is 8.88. The minimum Gasteiger partial charge on any atom is -0.342 e. The number of carbonyl (C=O) groups is 1. The number of nitrogens with zero attached hydrogens (tertiary/aromatic N) is 4. The van der Waals surface area contributed by atoms with Crippen LogP contribution in [0.2, 0.25) is 0 Å². The molecule has 0 aliphatic carbocycles. The molecular weight excluding hydrogens is 300 g/mol. The molecule has 134 valence electrons. The Labute approximate surface area is 146 Å². The molecule has 5 nitrogen and oxygen atoms in total. The van der Waals surface area contributed by atoms with Gasteiger partial charge >= 0.3 is 0 Å². The molecule has 1 fully saturated rings. The van der Waals surface area contributed by atoms with Gasteiger partial charge in [-0.25, -0.2) is 4.98 Å². The molecule has 24 heavy (non-hydrogen) atoms. The standard InChI is InChI=1S/C19H32N4O/c1-15-20-13-18-7-6-17(14-23(15)18)19(24)22-11-8-16(9-12-22)5-4-10-21(2)3/h13,16-17H,4-12,14H2,1-3H3. The summed E-state index contributed by atoms with van der Waals surface area (Å²) in [7, 11) is 4.28. The third-order valence-corrected chi connectivity index (χ3v) is 5.78. The molecule has 0 radical (unpaired) electrons. The molecular formula is C19H32N4O. The molecule has 5 heteroatoms. The van der Waals surface area contributed by atoms with Gasteiger partial charge in [-0.15, -0.1) is 0 Å². The van der Waals surface area contributed by atoms with Crippen LogP contribution in [0, 0.1) is 18.8 Å². The zero-order chi connectivity index (χ0) is 17.1. The van der Waals surface area contributed by atoms with Crippen molar-refractivity contribution in [1.82, 2.24) is 19.4 Å². The van der Waals surface area contributed by atoms with Crippen molar-refractivity contribution in [3.63, 3.8) is 0 Å². The molecule has 0 spiro atoms. The van der Waals surface area contributed by atoms with Crippen molar-refractivity contribution in [2.45, 2.75) is 52.0 Å². The number of amides is 1. The fraction of sp³-hybridized carbons (Fsp3) is 0.789. The SMILES string of the molecule is Cc1ncc2n1CC(C(=O)N1CCC(CCCN(C)C)CC1)CC2. The van der Waals surface area contributed by atoms with Gasteiger partial charge in [-0.2, -0.15) is 0 Å². The average molecular weight is 332 g/mol. The molecule has 1 aromatic rings. The number of hydrogen-bond acceptors (Lipinski definition) is 3. The zero-order valence-corrected chi connectivity index (χ0v) is 15.5. The lowest BCUT2D eigenvalue weighted by molar-refractivity contribution is -0.138. The van der Waals surface area contributed by atoms with E-state index < -0.39 is 0 Å². The Kier molecular flexibility index (Phi) is 5.59. The largest absolute Gasteiger partial charge is 0.342 e. The quantitative estimate of drug-likeness (QED) is 0.831. The van der Waals surface area contributed by atoms with Gasteiger partial charge in [-0.05, 0) is 72.0 Å². The second-order valence-electron chi connectivity index (χ2n) is 7.86. The van der Waals surface area contributed by atoms with E-state index in [4.69, 9.17) is 0 Å². The number of likely N-dealkylation sites (tertiary alicyclic amines) is 1. The second kappa shape index (κ2) is 7.68. The van der Waals surface area contributed by atoms with Crippen LogP contribution in [0.4, 0.5) is 0 Å². The van der Waals surface area contributed by atoms with Gasteiger partial charge in [-0.3, -0.25) is 4.79 Å². The number of piperidine rings is 1. The summed E-state index contributed by atoms with van der Waals surface area (Å²) in [6.45, 7) is 5.95. The van der Waals surface area contributed by atoms with Gasteiger partial charge in [-0.1, -0.05) is 0 Å². The Morgan fingerprint density at radius 1 is 1.29 bits per heavy atom. The highest BCUT2D eigenvalue weighted by molar-refractivity contribution is 5.79. The number of rotatable bonds is 5. The van der Waals surface area contributed by atoms with E-state index in [9.17, 15) is 4.79 Å². The molecule has 1 saturated heterocycles. The Balaban J connectivity index is 1.47. The first kappa shape index (κ1) is 17.5. The lowest BCUT2D eigenvalue weighted by Crippen LogP contribution is -2.44. The van der Waals surface area contributed by atoms with Crippen LogP contribution < -0.4 is 0 Å². The number of aryl methyl sites for hydroxylation is 2. The van der Waals surface area contributed by atoms with Crippen LogP contribution in [0.15, 0.2) is 6.20 Å². The van der Waals surface area contributed by atoms with Gasteiger partial charge in [0.25, 0.3) is 0 Å². The Morgan fingerprint density at radius 2 is 2.04 bits per heavy atom. The molecule has 2 aliphatic rings. The molecule has 0 bridgehead atoms. The summed E-state index contributed by atoms with van der Waals surface area (Å²) in [5.41, 5.74) is 1.29. The highest BCUT2D eigenvalue weighted by atomic mass is 16.2. The number of aromatic nitrogens is 2. The van der Waals surface area contributed by atoms with Crippen molar-refractivity contribution in [2.75, 3.05) is 33.7 Å². The summed E-state index contributed by atoms with van der Waals surface area (Å²) in [4.78, 5) is 21.7. The molecule has 1 amide bonds. The third-order valence-electron chi connectivity index (χ3n) is 5.78. The topological polar surface area (TPSA) is 41.4 Å². The summed E-state index contributed by atoms with van der Waals surface area (Å²) in [6, 6.07) is 0. The first-order valence-electron chi connectivity index (χ1n) is 9.49. The van der Waals surface area contributed by atoms with Gasteiger partial charge in [0.15, 0.2) is 0 Å². The smallest absolute Gasteiger partial charge is 0.227 e. The average Bonchev–Trinajstić information content (AvgIpc) is 2.95. The molecule has 3 heterocycles. The van der Waals surface area contributed by atoms with Gasteiger partial charge in [0.1, 0.15) is 5.82 Å². The first-order chi connectivity index (χ1) is 11.5. The van der Waals surface area contributed by atoms with Gasteiger partial charge < -0.3 is 14.4 Å². The van der Waals surface area contributed by atoms with Crippen LogP contribution in [0.1, 0.15) is 43.6 Å². The zero-order valence-electron chi connectivity index (χ0n) is 15.5. The summed E-state index contributed by atoms with van der Waals surface area (Å²) in [5.74, 6) is 2.38. The summed E-state index contributed by atoms with van der Waals surface area (Å²) >= 11 is 0. The molecule has 1 unspecified atom stereocenters. The number of hydrogen-bond donors (Lipinski definition) is 0. The summed E-state index contributed by atoms with van der Waals surface area (Å²) in [5, 5.41) is 0. The van der Waals surface area contributed by atoms with Crippen molar-refractivity contribution in [3.05, 3.63) is 17.7 Å². The van der Waals surface area contributed by atoms with E-state index in [0.717, 1.165) is 44.2 Å². The van der Waals surface area contributed by atoms with Crippen LogP contribution in [0.5, 0.6) is 0 Å². The van der Waals surface area contributed by atoms with E-state index in [2.05, 4.69) is 33.4 Å². The van der Waals surface area contributed by atoms with E-state index in [-0.39, 0.29) is 5.92 Å². The van der Waals surface area contributed by atoms with Gasteiger partial charge in [0.05, 0.1) is 5.92 Å². The fourth-order valence-electron chi connectivity index (χ4n) is 4.20. The van der Waals surface area contributed by atoms with E-state index in [1.165, 1.54) is 37.9 Å². The highest BCUT2D eigenvalue weighted by Gasteiger charge is 2.31. The molecule has 2 aliphatic heterocycles. The molecule has 0 N–H and O–H groups in total. The van der Waals surface area contributed by atoms with Crippen LogP contribution in [0.3, 0.4) is 0 Å². The summed E-state index contributed by atoms with van der Waals surface area (Å²) < 4.78 is 2.24. The maximum absolute atomic E-state index is 12.9. The van der Waals surface area contributed by atoms with Crippen LogP contribution in [0.25, 0.3) is 0 Å². The normalized spacial score (nSPS) is 22.0. The Hall–Kier alpha value is -1.36. The fourth-order valence-corrected chi connectivity index (χ4v) is 4.20. The second-order valence-corrected chi connectivity index (χ2v) is 7.86. The van der Waals surface area contributed by atoms with Crippen molar-refractivity contribution < 1.29 is 4.79 Å². The lowest BCUT2D eigenvalue weighted by atomic mass is 9.90. The first-order valence-corrected chi connectivity index (χ1v) is 9.49. The number of fused-ring (bicyclic) bond motifs is 1. The Morgan fingerprint density at radius 3 is 2.75 bits per heavy atom. The minimum atomic E-state index is 0.149. The van der Waals surface area contributed by atoms with Crippen molar-refractivity contribution in [1.29, 1.82) is 0 Å². The Bertz CT molecular complexity index is 558. The van der Waals surface area contributed by atoms with E-state index in [0.29, 0.717) is 5.91 Å². The number of carbonyl (C=O) groups excluding carboxylic acids is 1. The molecule has 0 aromatic carbocycles. The predicted octanol–water partition coefficient (Wildman–Crippen LogP) is 2.33. The van der Waals surface area contributed by atoms with Crippen LogP contribution >= 0.6 is 0 Å². The van der Waals surface area contributed by atoms with Gasteiger partial charge in [0, 0.05) is 31.5 Å². The lowest BCUT2D eigenvalue weighted by Gasteiger charge is -2.35. The van der Waals surface area contributed by atoms with Crippen LogP contribution in [-0.2, 0) is 17.8 Å². The maximum atomic E-state index is 12.9. The third kappa shape index (κ3) is 4.00.